The lowest BCUT2D eigenvalue weighted by atomic mass is 9.99. The van der Waals surface area contributed by atoms with Crippen molar-refractivity contribution in [2.24, 2.45) is 0 Å². The van der Waals surface area contributed by atoms with Crippen molar-refractivity contribution in [2.75, 3.05) is 0 Å². The predicted octanol–water partition coefficient (Wildman–Crippen LogP) is 11.3. The molecule has 0 fully saturated rings. The SMILES string of the molecule is c1ccc(-n2c3ccccc3c3ccccc3c3cc4c5ccccc5n(-c5ccccc5)c4cc3c3ccccc32)cc1. The normalized spacial score (nSPS) is 11.6. The Balaban J connectivity index is 1.63. The van der Waals surface area contributed by atoms with E-state index < -0.39 is 0 Å². The molecule has 0 bridgehead atoms. The quantitative estimate of drug-likeness (QED) is 0.199. The van der Waals surface area contributed by atoms with Gasteiger partial charge in [-0.25, -0.2) is 0 Å². The Bertz CT molecular complexity index is 2590. The van der Waals surface area contributed by atoms with E-state index in [1.807, 2.05) is 0 Å². The second kappa shape index (κ2) is 9.86. The van der Waals surface area contributed by atoms with Gasteiger partial charge in [-0.1, -0.05) is 115 Å². The van der Waals surface area contributed by atoms with Gasteiger partial charge in [0.25, 0.3) is 0 Å². The molecule has 0 N–H and O–H groups in total. The average Bonchev–Trinajstić information content (AvgIpc) is 3.44. The monoisotopic (exact) mass is 560 g/mol. The molecule has 2 nitrogen and oxygen atoms in total. The van der Waals surface area contributed by atoms with Crippen LogP contribution >= 0.6 is 0 Å². The van der Waals surface area contributed by atoms with Crippen molar-refractivity contribution < 1.29 is 0 Å². The van der Waals surface area contributed by atoms with Gasteiger partial charge in [0.15, 0.2) is 0 Å². The van der Waals surface area contributed by atoms with Crippen LogP contribution in [0.25, 0.3) is 76.5 Å². The molecule has 0 unspecified atom stereocenters. The van der Waals surface area contributed by atoms with Crippen LogP contribution in [0.15, 0.2) is 170 Å². The van der Waals surface area contributed by atoms with Gasteiger partial charge in [0, 0.05) is 32.9 Å². The minimum Gasteiger partial charge on any atom is -0.309 e. The van der Waals surface area contributed by atoms with E-state index in [1.165, 1.54) is 54.1 Å². The number of aromatic nitrogens is 2. The van der Waals surface area contributed by atoms with Crippen LogP contribution in [0, 0.1) is 0 Å². The smallest absolute Gasteiger partial charge is 0.0547 e. The van der Waals surface area contributed by atoms with Crippen molar-refractivity contribution >= 4 is 65.2 Å². The Labute approximate surface area is 255 Å². The second-order valence-corrected chi connectivity index (χ2v) is 11.4. The van der Waals surface area contributed by atoms with Gasteiger partial charge in [0.05, 0.1) is 22.1 Å². The lowest BCUT2D eigenvalue weighted by Gasteiger charge is -2.13. The van der Waals surface area contributed by atoms with Crippen molar-refractivity contribution in [3.05, 3.63) is 170 Å². The van der Waals surface area contributed by atoms with Crippen LogP contribution in [0.3, 0.4) is 0 Å². The summed E-state index contributed by atoms with van der Waals surface area (Å²) in [4.78, 5) is 0. The lowest BCUT2D eigenvalue weighted by molar-refractivity contribution is 1.17. The van der Waals surface area contributed by atoms with Gasteiger partial charge >= 0.3 is 0 Å². The van der Waals surface area contributed by atoms with E-state index in [4.69, 9.17) is 0 Å². The molecule has 0 amide bonds. The Morgan fingerprint density at radius 2 is 0.568 bits per heavy atom. The van der Waals surface area contributed by atoms with E-state index in [9.17, 15) is 0 Å². The van der Waals surface area contributed by atoms with Crippen LogP contribution in [-0.4, -0.2) is 9.13 Å². The Morgan fingerprint density at radius 1 is 0.227 bits per heavy atom. The molecule has 2 aromatic heterocycles. The highest BCUT2D eigenvalue weighted by Gasteiger charge is 2.16. The highest BCUT2D eigenvalue weighted by Crippen LogP contribution is 2.39. The standard InChI is InChI=1S/C42H28N2/c1-3-15-29(16-4-1)43-39-24-12-9-21-33(39)31-19-7-8-20-32(31)36-27-38-35-23-11-14-26-41(35)44(30-17-5-2-6-18-30)42(38)28-37(36)34-22-10-13-25-40(34)43/h1-28H. The third-order valence-electron chi connectivity index (χ3n) is 8.93. The van der Waals surface area contributed by atoms with Gasteiger partial charge in [-0.2, -0.15) is 0 Å². The summed E-state index contributed by atoms with van der Waals surface area (Å²) in [7, 11) is 0. The number of benzene rings is 7. The van der Waals surface area contributed by atoms with Gasteiger partial charge in [-0.3, -0.25) is 0 Å². The number of rotatable bonds is 2. The third-order valence-corrected chi connectivity index (χ3v) is 8.93. The summed E-state index contributed by atoms with van der Waals surface area (Å²) in [6.07, 6.45) is 0. The van der Waals surface area contributed by atoms with Crippen LogP contribution in [0.4, 0.5) is 0 Å². The zero-order valence-electron chi connectivity index (χ0n) is 24.1. The molecule has 206 valence electrons. The van der Waals surface area contributed by atoms with Gasteiger partial charge in [0.2, 0.25) is 0 Å². The van der Waals surface area contributed by atoms with Crippen molar-refractivity contribution in [1.29, 1.82) is 0 Å². The van der Waals surface area contributed by atoms with E-state index in [-0.39, 0.29) is 0 Å². The zero-order chi connectivity index (χ0) is 29.0. The topological polar surface area (TPSA) is 9.86 Å². The van der Waals surface area contributed by atoms with Crippen LogP contribution < -0.4 is 0 Å². The van der Waals surface area contributed by atoms with E-state index in [2.05, 4.69) is 179 Å². The highest BCUT2D eigenvalue weighted by molar-refractivity contribution is 6.24. The molecule has 0 aliphatic carbocycles. The minimum atomic E-state index is 1.13. The molecule has 0 radical (unpaired) electrons. The number of fused-ring (bicyclic) bond motifs is 10. The summed E-state index contributed by atoms with van der Waals surface area (Å²) in [5, 5.41) is 9.83. The van der Waals surface area contributed by atoms with E-state index in [0.29, 0.717) is 0 Å². The number of para-hydroxylation sites is 5. The molecule has 7 aromatic carbocycles. The maximum atomic E-state index is 2.43. The van der Waals surface area contributed by atoms with Gasteiger partial charge < -0.3 is 9.13 Å². The molecule has 0 saturated heterocycles. The van der Waals surface area contributed by atoms with Crippen LogP contribution in [-0.2, 0) is 0 Å². The maximum Gasteiger partial charge on any atom is 0.0547 e. The fourth-order valence-corrected chi connectivity index (χ4v) is 7.05. The minimum absolute atomic E-state index is 1.13. The molecule has 2 heteroatoms. The summed E-state index contributed by atoms with van der Waals surface area (Å²) in [5.41, 5.74) is 7.02. The Kier molecular flexibility index (Phi) is 5.54. The molecule has 0 aliphatic heterocycles. The number of hydrogen-bond acceptors (Lipinski definition) is 0. The molecule has 44 heavy (non-hydrogen) atoms. The maximum absolute atomic E-state index is 2.43. The molecule has 0 saturated carbocycles. The second-order valence-electron chi connectivity index (χ2n) is 11.4. The summed E-state index contributed by atoms with van der Waals surface area (Å²) in [6, 6.07) is 61.6. The van der Waals surface area contributed by atoms with Crippen molar-refractivity contribution in [1.82, 2.24) is 9.13 Å². The number of nitrogens with zero attached hydrogens (tertiary/aromatic N) is 2. The summed E-state index contributed by atoms with van der Waals surface area (Å²) < 4.78 is 4.84. The summed E-state index contributed by atoms with van der Waals surface area (Å²) in [6.45, 7) is 0. The molecule has 9 aromatic rings. The zero-order valence-corrected chi connectivity index (χ0v) is 24.1. The molecular weight excluding hydrogens is 532 g/mol. The van der Waals surface area contributed by atoms with E-state index >= 15 is 0 Å². The largest absolute Gasteiger partial charge is 0.309 e. The molecule has 2 heterocycles. The molecule has 0 aliphatic rings. The molecular formula is C42H28N2. The van der Waals surface area contributed by atoms with Crippen LogP contribution in [0.2, 0.25) is 0 Å². The van der Waals surface area contributed by atoms with Gasteiger partial charge in [-0.15, -0.1) is 0 Å². The summed E-state index contributed by atoms with van der Waals surface area (Å²) in [5.74, 6) is 0. The van der Waals surface area contributed by atoms with Crippen LogP contribution in [0.1, 0.15) is 0 Å². The van der Waals surface area contributed by atoms with Crippen molar-refractivity contribution in [3.8, 4) is 11.4 Å². The average molecular weight is 561 g/mol. The summed E-state index contributed by atoms with van der Waals surface area (Å²) >= 11 is 0. The fraction of sp³-hybridized carbons (Fsp3) is 0. The van der Waals surface area contributed by atoms with Gasteiger partial charge in [-0.05, 0) is 76.1 Å². The van der Waals surface area contributed by atoms with E-state index in [1.54, 1.807) is 0 Å². The first-order valence-corrected chi connectivity index (χ1v) is 15.1. The third kappa shape index (κ3) is 3.68. The lowest BCUT2D eigenvalue weighted by Crippen LogP contribution is -1.97. The first-order chi connectivity index (χ1) is 21.9. The van der Waals surface area contributed by atoms with Gasteiger partial charge in [0.1, 0.15) is 0 Å². The van der Waals surface area contributed by atoms with Crippen molar-refractivity contribution in [3.63, 3.8) is 0 Å². The highest BCUT2D eigenvalue weighted by atomic mass is 15.0. The molecule has 0 spiro atoms. The molecule has 9 rings (SSSR count). The number of hydrogen-bond donors (Lipinski definition) is 0. The first-order valence-electron chi connectivity index (χ1n) is 15.1. The predicted molar refractivity (Wildman–Crippen MR) is 188 cm³/mol. The van der Waals surface area contributed by atoms with Crippen molar-refractivity contribution in [2.45, 2.75) is 0 Å². The Morgan fingerprint density at radius 3 is 1.09 bits per heavy atom. The fourth-order valence-electron chi connectivity index (χ4n) is 7.05. The van der Waals surface area contributed by atoms with E-state index in [0.717, 1.165) is 22.4 Å². The first kappa shape index (κ1) is 24.7. The Hall–Kier alpha value is -5.86. The van der Waals surface area contributed by atoms with Crippen LogP contribution in [0.5, 0.6) is 0 Å². The molecule has 0 atom stereocenters.